The Kier molecular flexibility index (Phi) is 4.06. The van der Waals surface area contributed by atoms with E-state index in [0.29, 0.717) is 5.56 Å². The zero-order valence-electron chi connectivity index (χ0n) is 9.87. The number of nitrogens with zero attached hydrogens (tertiary/aromatic N) is 2. The summed E-state index contributed by atoms with van der Waals surface area (Å²) in [6.07, 6.45) is 1.57. The van der Waals surface area contributed by atoms with Crippen molar-refractivity contribution in [3.8, 4) is 0 Å². The number of rotatable bonds is 2. The van der Waals surface area contributed by atoms with Gasteiger partial charge in [0.15, 0.2) is 0 Å². The summed E-state index contributed by atoms with van der Waals surface area (Å²) in [6, 6.07) is 5.76. The molecule has 18 heavy (non-hydrogen) atoms. The zero-order valence-corrected chi connectivity index (χ0v) is 13.6. The predicted molar refractivity (Wildman–Crippen MR) is 82.8 cm³/mol. The van der Waals surface area contributed by atoms with Crippen molar-refractivity contribution in [3.63, 3.8) is 0 Å². The van der Waals surface area contributed by atoms with Crippen LogP contribution in [0.5, 0.6) is 0 Å². The molecule has 0 saturated heterocycles. The number of amides is 1. The molecule has 1 amide bonds. The smallest absolute Gasteiger partial charge is 0.259 e. The van der Waals surface area contributed by atoms with E-state index in [1.165, 1.54) is 0 Å². The third kappa shape index (κ3) is 2.74. The number of hydrogen-bond donors (Lipinski definition) is 1. The predicted octanol–water partition coefficient (Wildman–Crippen LogP) is 3.35. The number of carbonyl (C=O) groups excluding carboxylic acids is 1. The second-order valence-corrected chi connectivity index (χ2v) is 5.95. The van der Waals surface area contributed by atoms with Crippen LogP contribution in [0.3, 0.4) is 0 Å². The maximum atomic E-state index is 12.1. The van der Waals surface area contributed by atoms with E-state index in [1.807, 2.05) is 32.2 Å². The summed E-state index contributed by atoms with van der Waals surface area (Å²) < 4.78 is 3.65. The van der Waals surface area contributed by atoms with Crippen LogP contribution in [0.1, 0.15) is 16.1 Å². The second-order valence-electron chi connectivity index (χ2n) is 3.85. The normalized spacial score (nSPS) is 10.4. The molecule has 1 heterocycles. The summed E-state index contributed by atoms with van der Waals surface area (Å²) in [5, 5.41) is 6.92. The van der Waals surface area contributed by atoms with Crippen LogP contribution in [0.25, 0.3) is 0 Å². The summed E-state index contributed by atoms with van der Waals surface area (Å²) >= 11 is 5.65. The minimum atomic E-state index is -0.150. The zero-order chi connectivity index (χ0) is 13.3. The molecule has 0 fully saturated rings. The number of benzene rings is 1. The molecule has 2 rings (SSSR count). The van der Waals surface area contributed by atoms with Crippen molar-refractivity contribution < 1.29 is 4.79 Å². The molecule has 0 unspecified atom stereocenters. The number of nitrogens with one attached hydrogen (secondary N) is 1. The Bertz CT molecular complexity index is 609. The SMILES string of the molecule is Cc1c(C(=O)Nc2ccc(I)cc2Br)cnn1C. The van der Waals surface area contributed by atoms with E-state index < -0.39 is 0 Å². The van der Waals surface area contributed by atoms with Crippen molar-refractivity contribution in [1.82, 2.24) is 9.78 Å². The highest BCUT2D eigenvalue weighted by atomic mass is 127. The molecule has 94 valence electrons. The van der Waals surface area contributed by atoms with Crippen LogP contribution in [-0.2, 0) is 7.05 Å². The number of carbonyl (C=O) groups is 1. The van der Waals surface area contributed by atoms with Crippen LogP contribution in [-0.4, -0.2) is 15.7 Å². The van der Waals surface area contributed by atoms with E-state index in [2.05, 4.69) is 48.9 Å². The first-order chi connectivity index (χ1) is 8.49. The van der Waals surface area contributed by atoms with Gasteiger partial charge in [0.1, 0.15) is 0 Å². The number of anilines is 1. The fourth-order valence-corrected chi connectivity index (χ4v) is 2.90. The Hall–Kier alpha value is -0.890. The lowest BCUT2D eigenvalue weighted by molar-refractivity contribution is 0.102. The molecule has 0 bridgehead atoms. The van der Waals surface area contributed by atoms with Gasteiger partial charge in [-0.3, -0.25) is 9.48 Å². The first-order valence-corrected chi connectivity index (χ1v) is 7.11. The van der Waals surface area contributed by atoms with Crippen LogP contribution in [0.15, 0.2) is 28.9 Å². The molecule has 4 nitrogen and oxygen atoms in total. The standard InChI is InChI=1S/C12H11BrIN3O/c1-7-9(6-15-17(7)2)12(18)16-11-4-3-8(14)5-10(11)13/h3-6H,1-2H3,(H,16,18). The summed E-state index contributed by atoms with van der Waals surface area (Å²) in [7, 11) is 1.81. The number of aromatic nitrogens is 2. The summed E-state index contributed by atoms with van der Waals surface area (Å²) in [6.45, 7) is 1.87. The van der Waals surface area contributed by atoms with Gasteiger partial charge in [0.2, 0.25) is 0 Å². The average molecular weight is 420 g/mol. The summed E-state index contributed by atoms with van der Waals surface area (Å²) in [5.74, 6) is -0.150. The lowest BCUT2D eigenvalue weighted by atomic mass is 10.2. The Morgan fingerprint density at radius 1 is 1.50 bits per heavy atom. The number of hydrogen-bond acceptors (Lipinski definition) is 2. The van der Waals surface area contributed by atoms with Crippen molar-refractivity contribution in [2.75, 3.05) is 5.32 Å². The van der Waals surface area contributed by atoms with Gasteiger partial charge < -0.3 is 5.32 Å². The van der Waals surface area contributed by atoms with Crippen LogP contribution in [0, 0.1) is 10.5 Å². The number of aryl methyl sites for hydroxylation is 1. The molecule has 0 aliphatic heterocycles. The van der Waals surface area contributed by atoms with E-state index in [0.717, 1.165) is 19.4 Å². The maximum Gasteiger partial charge on any atom is 0.259 e. The van der Waals surface area contributed by atoms with Gasteiger partial charge in [0.25, 0.3) is 5.91 Å². The minimum Gasteiger partial charge on any atom is -0.321 e. The molecule has 1 N–H and O–H groups in total. The Morgan fingerprint density at radius 3 is 2.78 bits per heavy atom. The molecule has 2 aromatic rings. The average Bonchev–Trinajstić information content (AvgIpc) is 2.64. The van der Waals surface area contributed by atoms with Gasteiger partial charge in [-0.1, -0.05) is 0 Å². The second kappa shape index (κ2) is 5.40. The van der Waals surface area contributed by atoms with E-state index in [4.69, 9.17) is 0 Å². The Morgan fingerprint density at radius 2 is 2.22 bits per heavy atom. The summed E-state index contributed by atoms with van der Waals surface area (Å²) in [5.41, 5.74) is 2.18. The first-order valence-electron chi connectivity index (χ1n) is 5.24. The fourth-order valence-electron chi connectivity index (χ4n) is 1.50. The third-order valence-electron chi connectivity index (χ3n) is 2.66. The van der Waals surface area contributed by atoms with Crippen molar-refractivity contribution in [3.05, 3.63) is 43.7 Å². The molecule has 0 atom stereocenters. The molecule has 1 aromatic carbocycles. The molecule has 0 saturated carbocycles. The van der Waals surface area contributed by atoms with E-state index >= 15 is 0 Å². The lowest BCUT2D eigenvalue weighted by Crippen LogP contribution is -2.13. The van der Waals surface area contributed by atoms with Crippen LogP contribution < -0.4 is 5.32 Å². The van der Waals surface area contributed by atoms with Crippen molar-refractivity contribution >= 4 is 50.1 Å². The summed E-state index contributed by atoms with van der Waals surface area (Å²) in [4.78, 5) is 12.1. The maximum absolute atomic E-state index is 12.1. The van der Waals surface area contributed by atoms with Gasteiger partial charge in [-0.15, -0.1) is 0 Å². The van der Waals surface area contributed by atoms with Crippen molar-refractivity contribution in [2.24, 2.45) is 7.05 Å². The Balaban J connectivity index is 2.24. The third-order valence-corrected chi connectivity index (χ3v) is 3.99. The van der Waals surface area contributed by atoms with Gasteiger partial charge in [0.05, 0.1) is 17.4 Å². The first kappa shape index (κ1) is 13.5. The number of halogens is 2. The monoisotopic (exact) mass is 419 g/mol. The lowest BCUT2D eigenvalue weighted by Gasteiger charge is -2.07. The molecule has 0 aliphatic rings. The molecule has 6 heteroatoms. The molecule has 0 spiro atoms. The van der Waals surface area contributed by atoms with Crippen LogP contribution in [0.4, 0.5) is 5.69 Å². The molecular weight excluding hydrogens is 409 g/mol. The molecule has 0 aliphatic carbocycles. The van der Waals surface area contributed by atoms with E-state index in [9.17, 15) is 4.79 Å². The van der Waals surface area contributed by atoms with E-state index in [1.54, 1.807) is 10.9 Å². The largest absolute Gasteiger partial charge is 0.321 e. The van der Waals surface area contributed by atoms with Gasteiger partial charge >= 0.3 is 0 Å². The van der Waals surface area contributed by atoms with Gasteiger partial charge in [-0.2, -0.15) is 5.10 Å². The Labute approximate surface area is 127 Å². The van der Waals surface area contributed by atoms with Gasteiger partial charge in [-0.25, -0.2) is 0 Å². The topological polar surface area (TPSA) is 46.9 Å². The molecular formula is C12H11BrIN3O. The highest BCUT2D eigenvalue weighted by molar-refractivity contribution is 14.1. The van der Waals surface area contributed by atoms with Crippen molar-refractivity contribution in [1.29, 1.82) is 0 Å². The van der Waals surface area contributed by atoms with Crippen LogP contribution in [0.2, 0.25) is 0 Å². The quantitative estimate of drug-likeness (QED) is 0.759. The van der Waals surface area contributed by atoms with Crippen LogP contribution >= 0.6 is 38.5 Å². The highest BCUT2D eigenvalue weighted by Gasteiger charge is 2.13. The van der Waals surface area contributed by atoms with Crippen molar-refractivity contribution in [2.45, 2.75) is 6.92 Å². The fraction of sp³-hybridized carbons (Fsp3) is 0.167. The van der Waals surface area contributed by atoms with E-state index in [-0.39, 0.29) is 5.91 Å². The van der Waals surface area contributed by atoms with Gasteiger partial charge in [0, 0.05) is 20.8 Å². The minimum absolute atomic E-state index is 0.150. The molecule has 0 radical (unpaired) electrons. The highest BCUT2D eigenvalue weighted by Crippen LogP contribution is 2.25. The van der Waals surface area contributed by atoms with Gasteiger partial charge in [-0.05, 0) is 63.6 Å². The molecule has 1 aromatic heterocycles.